The molecule has 1 aromatic heterocycles. The highest BCUT2D eigenvalue weighted by Crippen LogP contribution is 2.47. The third-order valence-electron chi connectivity index (χ3n) is 4.12. The van der Waals surface area contributed by atoms with E-state index in [4.69, 9.17) is 0 Å². The first-order valence-electron chi connectivity index (χ1n) is 7.36. The summed E-state index contributed by atoms with van der Waals surface area (Å²) >= 11 is 5.20. The van der Waals surface area contributed by atoms with Crippen molar-refractivity contribution < 1.29 is 4.79 Å². The van der Waals surface area contributed by atoms with E-state index in [9.17, 15) is 4.79 Å². The average Bonchev–Trinajstić information content (AvgIpc) is 3.30. The first-order chi connectivity index (χ1) is 10.7. The number of amides is 1. The lowest BCUT2D eigenvalue weighted by Crippen LogP contribution is -2.30. The zero-order valence-electron chi connectivity index (χ0n) is 11.9. The molecule has 22 heavy (non-hydrogen) atoms. The zero-order chi connectivity index (χ0) is 15.1. The molecule has 1 saturated heterocycles. The summed E-state index contributed by atoms with van der Waals surface area (Å²) in [6.07, 6.45) is 6.01. The van der Waals surface area contributed by atoms with Crippen LogP contribution in [-0.2, 0) is 4.79 Å². The summed E-state index contributed by atoms with van der Waals surface area (Å²) in [7, 11) is 0. The van der Waals surface area contributed by atoms with E-state index in [1.807, 2.05) is 30.6 Å². The van der Waals surface area contributed by atoms with Gasteiger partial charge in [-0.1, -0.05) is 28.1 Å². The summed E-state index contributed by atoms with van der Waals surface area (Å²) in [5.41, 5.74) is 3.48. The predicted molar refractivity (Wildman–Crippen MR) is 92.4 cm³/mol. The quantitative estimate of drug-likeness (QED) is 0.804. The van der Waals surface area contributed by atoms with E-state index in [0.29, 0.717) is 11.8 Å². The van der Waals surface area contributed by atoms with Gasteiger partial charge < -0.3 is 4.90 Å². The van der Waals surface area contributed by atoms with Gasteiger partial charge in [-0.2, -0.15) is 0 Å². The number of hydrogen-bond donors (Lipinski definition) is 0. The lowest BCUT2D eigenvalue weighted by atomic mass is 10.0. The van der Waals surface area contributed by atoms with Gasteiger partial charge in [0.05, 0.1) is 5.75 Å². The largest absolute Gasteiger partial charge is 0.323 e. The molecule has 4 rings (SSSR count). The molecule has 0 bridgehead atoms. The zero-order valence-corrected chi connectivity index (χ0v) is 14.3. The molecule has 0 radical (unpaired) electrons. The van der Waals surface area contributed by atoms with E-state index < -0.39 is 0 Å². The number of halogens is 1. The Balaban J connectivity index is 1.76. The van der Waals surface area contributed by atoms with Crippen molar-refractivity contribution in [3.63, 3.8) is 0 Å². The average molecular weight is 375 g/mol. The molecule has 112 valence electrons. The summed E-state index contributed by atoms with van der Waals surface area (Å²) in [5, 5.41) is 0.104. The highest BCUT2D eigenvalue weighted by molar-refractivity contribution is 9.10. The Morgan fingerprint density at radius 2 is 1.95 bits per heavy atom. The molecule has 2 fully saturated rings. The highest BCUT2D eigenvalue weighted by atomic mass is 79.9. The Morgan fingerprint density at radius 1 is 1.18 bits per heavy atom. The van der Waals surface area contributed by atoms with Crippen LogP contribution in [0.25, 0.3) is 11.1 Å². The molecule has 1 aromatic carbocycles. The van der Waals surface area contributed by atoms with Gasteiger partial charge in [0.25, 0.3) is 0 Å². The Bertz CT molecular complexity index is 715. The predicted octanol–water partition coefficient (Wildman–Crippen LogP) is 4.25. The van der Waals surface area contributed by atoms with Gasteiger partial charge in [0.2, 0.25) is 5.91 Å². The normalized spacial score (nSPS) is 21.4. The van der Waals surface area contributed by atoms with Gasteiger partial charge in [0, 0.05) is 28.5 Å². The molecule has 3 nitrogen and oxygen atoms in total. The van der Waals surface area contributed by atoms with Crippen LogP contribution in [0.5, 0.6) is 0 Å². The van der Waals surface area contributed by atoms with Gasteiger partial charge >= 0.3 is 0 Å². The van der Waals surface area contributed by atoms with Crippen LogP contribution in [0.1, 0.15) is 23.8 Å². The number of thioether (sulfide) groups is 1. The molecule has 1 atom stereocenters. The summed E-state index contributed by atoms with van der Waals surface area (Å²) in [5.74, 6) is 0.846. The minimum Gasteiger partial charge on any atom is -0.323 e. The first kappa shape index (κ1) is 14.3. The van der Waals surface area contributed by atoms with E-state index in [1.165, 1.54) is 5.56 Å². The summed E-state index contributed by atoms with van der Waals surface area (Å²) in [6.45, 7) is 0. The van der Waals surface area contributed by atoms with Gasteiger partial charge in [-0.05, 0) is 42.2 Å². The summed E-state index contributed by atoms with van der Waals surface area (Å²) in [6, 6.07) is 10.8. The van der Waals surface area contributed by atoms with Crippen molar-refractivity contribution in [3.8, 4) is 11.1 Å². The molecule has 0 N–H and O–H groups in total. The molecule has 1 saturated carbocycles. The maximum absolute atomic E-state index is 12.2. The second kappa shape index (κ2) is 5.70. The van der Waals surface area contributed by atoms with Crippen LogP contribution in [0.15, 0.2) is 47.2 Å². The summed E-state index contributed by atoms with van der Waals surface area (Å²) in [4.78, 5) is 18.6. The topological polar surface area (TPSA) is 33.2 Å². The van der Waals surface area contributed by atoms with Crippen LogP contribution < -0.4 is 0 Å². The van der Waals surface area contributed by atoms with Gasteiger partial charge in [-0.25, -0.2) is 0 Å². The van der Waals surface area contributed by atoms with Crippen LogP contribution in [0.3, 0.4) is 0 Å². The molecule has 1 amide bonds. The van der Waals surface area contributed by atoms with E-state index in [0.717, 1.165) is 28.4 Å². The molecule has 1 aliphatic carbocycles. The van der Waals surface area contributed by atoms with E-state index >= 15 is 0 Å². The van der Waals surface area contributed by atoms with Crippen LogP contribution >= 0.6 is 27.7 Å². The number of hydrogen-bond acceptors (Lipinski definition) is 3. The molecule has 0 spiro atoms. The maximum Gasteiger partial charge on any atom is 0.234 e. The van der Waals surface area contributed by atoms with Gasteiger partial charge in [0.1, 0.15) is 5.37 Å². The van der Waals surface area contributed by atoms with Crippen molar-refractivity contribution in [1.29, 1.82) is 0 Å². The minimum absolute atomic E-state index is 0.104. The van der Waals surface area contributed by atoms with Crippen molar-refractivity contribution in [1.82, 2.24) is 9.88 Å². The molecule has 1 unspecified atom stereocenters. The number of rotatable bonds is 3. The standard InChI is InChI=1S/C17H15BrN2OS/c18-12-3-1-11(2-4-12)14-7-8-19-9-15(14)17-20(13-5-6-13)16(21)10-22-17/h1-4,7-9,13,17H,5-6,10H2. The minimum atomic E-state index is 0.104. The smallest absolute Gasteiger partial charge is 0.234 e. The molecule has 2 aromatic rings. The maximum atomic E-state index is 12.2. The third kappa shape index (κ3) is 2.57. The van der Waals surface area contributed by atoms with E-state index in [2.05, 4.69) is 37.9 Å². The van der Waals surface area contributed by atoms with Crippen LogP contribution in [0.4, 0.5) is 0 Å². The number of aromatic nitrogens is 1. The molecule has 2 aliphatic rings. The fourth-order valence-electron chi connectivity index (χ4n) is 2.92. The fraction of sp³-hybridized carbons (Fsp3) is 0.294. The van der Waals surface area contributed by atoms with E-state index in [-0.39, 0.29) is 11.3 Å². The van der Waals surface area contributed by atoms with Crippen molar-refractivity contribution >= 4 is 33.6 Å². The van der Waals surface area contributed by atoms with Gasteiger partial charge in [0.15, 0.2) is 0 Å². The second-order valence-electron chi connectivity index (χ2n) is 5.67. The SMILES string of the molecule is O=C1CSC(c2cnccc2-c2ccc(Br)cc2)N1C1CC1. The van der Waals surface area contributed by atoms with Crippen molar-refractivity contribution in [2.24, 2.45) is 0 Å². The second-order valence-corrected chi connectivity index (χ2v) is 7.65. The van der Waals surface area contributed by atoms with Crippen LogP contribution in [0, 0.1) is 0 Å². The van der Waals surface area contributed by atoms with Crippen LogP contribution in [0.2, 0.25) is 0 Å². The van der Waals surface area contributed by atoms with Crippen molar-refractivity contribution in [2.45, 2.75) is 24.3 Å². The molecule has 5 heteroatoms. The first-order valence-corrected chi connectivity index (χ1v) is 9.21. The Kier molecular flexibility index (Phi) is 3.70. The van der Waals surface area contributed by atoms with E-state index in [1.54, 1.807) is 11.8 Å². The molecular weight excluding hydrogens is 360 g/mol. The Morgan fingerprint density at radius 3 is 2.68 bits per heavy atom. The number of carbonyl (C=O) groups excluding carboxylic acids is 1. The van der Waals surface area contributed by atoms with Crippen molar-refractivity contribution in [3.05, 3.63) is 52.8 Å². The van der Waals surface area contributed by atoms with Crippen molar-refractivity contribution in [2.75, 3.05) is 5.75 Å². The fourth-order valence-corrected chi connectivity index (χ4v) is 4.45. The lowest BCUT2D eigenvalue weighted by molar-refractivity contribution is -0.128. The monoisotopic (exact) mass is 374 g/mol. The number of pyridine rings is 1. The van der Waals surface area contributed by atoms with Crippen LogP contribution in [-0.4, -0.2) is 27.6 Å². The number of carbonyl (C=O) groups is 1. The number of benzene rings is 1. The third-order valence-corrected chi connectivity index (χ3v) is 5.86. The molecule has 2 heterocycles. The Labute approximate surface area is 142 Å². The lowest BCUT2D eigenvalue weighted by Gasteiger charge is -2.25. The van der Waals surface area contributed by atoms with Gasteiger partial charge in [-0.15, -0.1) is 11.8 Å². The number of nitrogens with zero attached hydrogens (tertiary/aromatic N) is 2. The molecule has 1 aliphatic heterocycles. The Hall–Kier alpha value is -1.33. The highest BCUT2D eigenvalue weighted by Gasteiger charge is 2.43. The summed E-state index contributed by atoms with van der Waals surface area (Å²) < 4.78 is 1.07. The molecular formula is C17H15BrN2OS. The van der Waals surface area contributed by atoms with Gasteiger partial charge in [-0.3, -0.25) is 9.78 Å².